The van der Waals surface area contributed by atoms with Crippen LogP contribution in [-0.2, 0) is 17.8 Å². The lowest BCUT2D eigenvalue weighted by atomic mass is 10.2. The number of thiophene rings is 1. The molecule has 4 nitrogen and oxygen atoms in total. The average Bonchev–Trinajstić information content (AvgIpc) is 3.17. The Bertz CT molecular complexity index is 704. The number of benzene rings is 1. The third-order valence-electron chi connectivity index (χ3n) is 3.14. The molecular weight excluding hydrogens is 282 g/mol. The van der Waals surface area contributed by atoms with Crippen molar-refractivity contribution in [3.05, 3.63) is 70.9 Å². The summed E-state index contributed by atoms with van der Waals surface area (Å²) in [5.74, 6) is 0.830. The molecule has 0 saturated heterocycles. The van der Waals surface area contributed by atoms with Gasteiger partial charge in [-0.25, -0.2) is 4.98 Å². The van der Waals surface area contributed by atoms with Gasteiger partial charge in [0.15, 0.2) is 0 Å². The lowest BCUT2D eigenvalue weighted by Crippen LogP contribution is -2.25. The van der Waals surface area contributed by atoms with Gasteiger partial charge in [-0.1, -0.05) is 18.2 Å². The Hall–Kier alpha value is -2.40. The molecule has 0 fully saturated rings. The average molecular weight is 297 g/mol. The van der Waals surface area contributed by atoms with Crippen LogP contribution in [-0.4, -0.2) is 15.5 Å². The SMILES string of the molecule is O=C(Cc1ccsc1)NCc1nccn1-c1ccccc1. The third kappa shape index (κ3) is 3.38. The molecule has 0 radical (unpaired) electrons. The summed E-state index contributed by atoms with van der Waals surface area (Å²) in [4.78, 5) is 16.2. The summed E-state index contributed by atoms with van der Waals surface area (Å²) in [5, 5.41) is 6.88. The van der Waals surface area contributed by atoms with Crippen LogP contribution in [0.1, 0.15) is 11.4 Å². The zero-order valence-corrected chi connectivity index (χ0v) is 12.2. The van der Waals surface area contributed by atoms with Crippen LogP contribution in [0.5, 0.6) is 0 Å². The molecule has 0 saturated carbocycles. The normalized spacial score (nSPS) is 10.5. The van der Waals surface area contributed by atoms with Crippen LogP contribution in [0.4, 0.5) is 0 Å². The zero-order chi connectivity index (χ0) is 14.5. The van der Waals surface area contributed by atoms with Crippen molar-refractivity contribution in [3.63, 3.8) is 0 Å². The molecule has 0 bridgehead atoms. The van der Waals surface area contributed by atoms with Gasteiger partial charge in [0.2, 0.25) is 5.91 Å². The molecule has 0 spiro atoms. The Kier molecular flexibility index (Phi) is 4.12. The van der Waals surface area contributed by atoms with Gasteiger partial charge in [-0.2, -0.15) is 11.3 Å². The Balaban J connectivity index is 1.64. The van der Waals surface area contributed by atoms with Gasteiger partial charge in [0, 0.05) is 18.1 Å². The Morgan fingerprint density at radius 2 is 2.10 bits per heavy atom. The van der Waals surface area contributed by atoms with Gasteiger partial charge in [0.1, 0.15) is 5.82 Å². The topological polar surface area (TPSA) is 46.9 Å². The minimum atomic E-state index is 0.0102. The van der Waals surface area contributed by atoms with Crippen molar-refractivity contribution < 1.29 is 4.79 Å². The molecule has 0 aliphatic heterocycles. The Labute approximate surface area is 127 Å². The molecule has 5 heteroatoms. The van der Waals surface area contributed by atoms with E-state index >= 15 is 0 Å². The molecule has 0 unspecified atom stereocenters. The molecule has 0 aliphatic rings. The largest absolute Gasteiger partial charge is 0.349 e. The molecule has 0 aliphatic carbocycles. The standard InChI is InChI=1S/C16H15N3OS/c20-16(10-13-6-9-21-12-13)18-11-15-17-7-8-19(15)14-4-2-1-3-5-14/h1-9,12H,10-11H2,(H,18,20). The summed E-state index contributed by atoms with van der Waals surface area (Å²) in [7, 11) is 0. The number of aromatic nitrogens is 2. The number of rotatable bonds is 5. The van der Waals surface area contributed by atoms with E-state index in [-0.39, 0.29) is 5.91 Å². The van der Waals surface area contributed by atoms with E-state index in [4.69, 9.17) is 0 Å². The van der Waals surface area contributed by atoms with E-state index in [0.717, 1.165) is 17.1 Å². The fraction of sp³-hybridized carbons (Fsp3) is 0.125. The third-order valence-corrected chi connectivity index (χ3v) is 3.87. The highest BCUT2D eigenvalue weighted by Crippen LogP contribution is 2.10. The van der Waals surface area contributed by atoms with E-state index in [2.05, 4.69) is 10.3 Å². The quantitative estimate of drug-likeness (QED) is 0.787. The number of para-hydroxylation sites is 1. The van der Waals surface area contributed by atoms with Crippen molar-refractivity contribution >= 4 is 17.2 Å². The second kappa shape index (κ2) is 6.37. The predicted octanol–water partition coefficient (Wildman–Crippen LogP) is 2.79. The maximum atomic E-state index is 11.9. The van der Waals surface area contributed by atoms with Crippen molar-refractivity contribution in [2.24, 2.45) is 0 Å². The van der Waals surface area contributed by atoms with Crippen molar-refractivity contribution in [3.8, 4) is 5.69 Å². The molecule has 2 heterocycles. The second-order valence-corrected chi connectivity index (χ2v) is 5.41. The summed E-state index contributed by atoms with van der Waals surface area (Å²) in [6, 6.07) is 11.9. The zero-order valence-electron chi connectivity index (χ0n) is 11.4. The van der Waals surface area contributed by atoms with Crippen LogP contribution in [0, 0.1) is 0 Å². The van der Waals surface area contributed by atoms with Gasteiger partial charge in [0.05, 0.1) is 13.0 Å². The van der Waals surface area contributed by atoms with Crippen molar-refractivity contribution in [1.82, 2.24) is 14.9 Å². The Morgan fingerprint density at radius 3 is 2.86 bits per heavy atom. The first-order valence-electron chi connectivity index (χ1n) is 6.68. The van der Waals surface area contributed by atoms with Crippen LogP contribution >= 0.6 is 11.3 Å². The minimum Gasteiger partial charge on any atom is -0.349 e. The molecule has 0 atom stereocenters. The molecule has 3 aromatic rings. The predicted molar refractivity (Wildman–Crippen MR) is 83.4 cm³/mol. The summed E-state index contributed by atoms with van der Waals surface area (Å²) < 4.78 is 1.98. The fourth-order valence-corrected chi connectivity index (χ4v) is 2.78. The lowest BCUT2D eigenvalue weighted by molar-refractivity contribution is -0.120. The number of nitrogens with one attached hydrogen (secondary N) is 1. The molecule has 1 N–H and O–H groups in total. The van der Waals surface area contributed by atoms with Crippen LogP contribution in [0.25, 0.3) is 5.69 Å². The monoisotopic (exact) mass is 297 g/mol. The number of nitrogens with zero attached hydrogens (tertiary/aromatic N) is 2. The number of hydrogen-bond acceptors (Lipinski definition) is 3. The van der Waals surface area contributed by atoms with Gasteiger partial charge in [-0.05, 0) is 34.5 Å². The molecule has 2 aromatic heterocycles. The summed E-state index contributed by atoms with van der Waals surface area (Å²) in [6.45, 7) is 0.421. The molecular formula is C16H15N3OS. The number of carbonyl (C=O) groups is 1. The van der Waals surface area contributed by atoms with E-state index in [1.165, 1.54) is 0 Å². The molecule has 1 aromatic carbocycles. The van der Waals surface area contributed by atoms with Gasteiger partial charge in [-0.15, -0.1) is 0 Å². The van der Waals surface area contributed by atoms with Crippen LogP contribution < -0.4 is 5.32 Å². The van der Waals surface area contributed by atoms with Gasteiger partial charge in [-0.3, -0.25) is 4.79 Å². The first kappa shape index (κ1) is 13.6. The lowest BCUT2D eigenvalue weighted by Gasteiger charge is -2.08. The smallest absolute Gasteiger partial charge is 0.224 e. The highest BCUT2D eigenvalue weighted by Gasteiger charge is 2.08. The van der Waals surface area contributed by atoms with Crippen molar-refractivity contribution in [2.75, 3.05) is 0 Å². The fourth-order valence-electron chi connectivity index (χ4n) is 2.11. The Morgan fingerprint density at radius 1 is 1.24 bits per heavy atom. The maximum absolute atomic E-state index is 11.9. The highest BCUT2D eigenvalue weighted by molar-refractivity contribution is 7.07. The summed E-state index contributed by atoms with van der Waals surface area (Å²) in [6.07, 6.45) is 4.05. The molecule has 1 amide bonds. The first-order chi connectivity index (χ1) is 10.3. The number of amides is 1. The van der Waals surface area contributed by atoms with Crippen LogP contribution in [0.15, 0.2) is 59.6 Å². The van der Waals surface area contributed by atoms with Crippen LogP contribution in [0.2, 0.25) is 0 Å². The van der Waals surface area contributed by atoms with Gasteiger partial charge >= 0.3 is 0 Å². The first-order valence-corrected chi connectivity index (χ1v) is 7.62. The van der Waals surface area contributed by atoms with Gasteiger partial charge in [0.25, 0.3) is 0 Å². The summed E-state index contributed by atoms with van der Waals surface area (Å²) in [5.41, 5.74) is 2.08. The second-order valence-electron chi connectivity index (χ2n) is 4.63. The van der Waals surface area contributed by atoms with Gasteiger partial charge < -0.3 is 9.88 Å². The summed E-state index contributed by atoms with van der Waals surface area (Å²) >= 11 is 1.60. The highest BCUT2D eigenvalue weighted by atomic mass is 32.1. The molecule has 3 rings (SSSR count). The molecule has 21 heavy (non-hydrogen) atoms. The number of hydrogen-bond donors (Lipinski definition) is 1. The maximum Gasteiger partial charge on any atom is 0.224 e. The van der Waals surface area contributed by atoms with Crippen molar-refractivity contribution in [1.29, 1.82) is 0 Å². The van der Waals surface area contributed by atoms with Crippen LogP contribution in [0.3, 0.4) is 0 Å². The van der Waals surface area contributed by atoms with E-state index < -0.39 is 0 Å². The van der Waals surface area contributed by atoms with Crippen molar-refractivity contribution in [2.45, 2.75) is 13.0 Å². The van der Waals surface area contributed by atoms with E-state index in [1.54, 1.807) is 17.5 Å². The number of carbonyl (C=O) groups excluding carboxylic acids is 1. The number of imidazole rings is 1. The molecule has 106 valence electrons. The van der Waals surface area contributed by atoms with E-state index in [1.807, 2.05) is 57.9 Å². The minimum absolute atomic E-state index is 0.0102. The van der Waals surface area contributed by atoms with E-state index in [0.29, 0.717) is 13.0 Å². The van der Waals surface area contributed by atoms with E-state index in [9.17, 15) is 4.79 Å².